The molecule has 164 valence electrons. The molecule has 3 rings (SSSR count). The van der Waals surface area contributed by atoms with Gasteiger partial charge in [-0.1, -0.05) is 6.07 Å². The van der Waals surface area contributed by atoms with E-state index in [-0.39, 0.29) is 35.9 Å². The number of piperidine rings is 2. The predicted octanol–water partition coefficient (Wildman–Crippen LogP) is 3.43. The second kappa shape index (κ2) is 12.7. The van der Waals surface area contributed by atoms with Crippen molar-refractivity contribution in [1.82, 2.24) is 15.1 Å². The molecule has 3 heterocycles. The van der Waals surface area contributed by atoms with Crippen LogP contribution in [-0.4, -0.2) is 68.1 Å². The summed E-state index contributed by atoms with van der Waals surface area (Å²) in [5.74, 6) is 1.51. The van der Waals surface area contributed by atoms with E-state index in [1.54, 1.807) is 0 Å². The number of hydrogen-bond acceptors (Lipinski definition) is 5. The smallest absolute Gasteiger partial charge is 0.310 e. The molecule has 1 aromatic heterocycles. The van der Waals surface area contributed by atoms with Gasteiger partial charge in [-0.2, -0.15) is 0 Å². The van der Waals surface area contributed by atoms with E-state index in [1.807, 2.05) is 25.3 Å². The SMILES string of the molecule is CCOC(=O)C1CCCN(C(=NC)NCC2CCN(Cc3cccs3)CC2)C1.I. The largest absolute Gasteiger partial charge is 0.466 e. The molecule has 0 radical (unpaired) electrons. The first-order valence-electron chi connectivity index (χ1n) is 10.6. The summed E-state index contributed by atoms with van der Waals surface area (Å²) < 4.78 is 5.22. The Labute approximate surface area is 196 Å². The number of esters is 1. The third kappa shape index (κ3) is 7.40. The highest BCUT2D eigenvalue weighted by Crippen LogP contribution is 2.21. The van der Waals surface area contributed by atoms with E-state index in [1.165, 1.54) is 17.7 Å². The molecule has 0 amide bonds. The lowest BCUT2D eigenvalue weighted by molar-refractivity contribution is -0.149. The molecular weight excluding hydrogens is 499 g/mol. The van der Waals surface area contributed by atoms with E-state index in [0.29, 0.717) is 19.1 Å². The topological polar surface area (TPSA) is 57.2 Å². The highest BCUT2D eigenvalue weighted by Gasteiger charge is 2.29. The highest BCUT2D eigenvalue weighted by atomic mass is 127. The van der Waals surface area contributed by atoms with Crippen molar-refractivity contribution in [2.75, 3.05) is 46.4 Å². The molecule has 2 aliphatic heterocycles. The number of ether oxygens (including phenoxy) is 1. The summed E-state index contributed by atoms with van der Waals surface area (Å²) in [4.78, 5) is 22.8. The number of nitrogens with zero attached hydrogens (tertiary/aromatic N) is 3. The molecule has 1 atom stereocenters. The fraction of sp³-hybridized carbons (Fsp3) is 0.714. The molecule has 0 aliphatic carbocycles. The third-order valence-electron chi connectivity index (χ3n) is 5.77. The molecule has 1 unspecified atom stereocenters. The summed E-state index contributed by atoms with van der Waals surface area (Å²) in [6, 6.07) is 4.36. The molecule has 8 heteroatoms. The average molecular weight is 535 g/mol. The zero-order valence-electron chi connectivity index (χ0n) is 17.6. The maximum atomic E-state index is 12.1. The lowest BCUT2D eigenvalue weighted by atomic mass is 9.96. The van der Waals surface area contributed by atoms with Crippen molar-refractivity contribution < 1.29 is 9.53 Å². The van der Waals surface area contributed by atoms with E-state index in [0.717, 1.165) is 51.5 Å². The molecule has 6 nitrogen and oxygen atoms in total. The number of hydrogen-bond donors (Lipinski definition) is 1. The van der Waals surface area contributed by atoms with Crippen LogP contribution in [0.3, 0.4) is 0 Å². The fourth-order valence-electron chi connectivity index (χ4n) is 4.16. The monoisotopic (exact) mass is 534 g/mol. The van der Waals surface area contributed by atoms with E-state index in [9.17, 15) is 4.79 Å². The number of thiophene rings is 1. The summed E-state index contributed by atoms with van der Waals surface area (Å²) >= 11 is 1.85. The summed E-state index contributed by atoms with van der Waals surface area (Å²) in [7, 11) is 1.83. The van der Waals surface area contributed by atoms with Gasteiger partial charge in [-0.3, -0.25) is 14.7 Å². The van der Waals surface area contributed by atoms with Gasteiger partial charge in [0.2, 0.25) is 0 Å². The minimum absolute atomic E-state index is 0. The Kier molecular flexibility index (Phi) is 10.7. The van der Waals surface area contributed by atoms with Crippen LogP contribution in [0.2, 0.25) is 0 Å². The van der Waals surface area contributed by atoms with Crippen molar-refractivity contribution in [1.29, 1.82) is 0 Å². The summed E-state index contributed by atoms with van der Waals surface area (Å²) in [6.07, 6.45) is 4.36. The Balaban J connectivity index is 0.00000300. The molecule has 29 heavy (non-hydrogen) atoms. The lowest BCUT2D eigenvalue weighted by Gasteiger charge is -2.35. The Hall–Kier alpha value is -0.870. The first-order chi connectivity index (χ1) is 13.7. The maximum Gasteiger partial charge on any atom is 0.310 e. The van der Waals surface area contributed by atoms with Crippen LogP contribution in [0.15, 0.2) is 22.5 Å². The van der Waals surface area contributed by atoms with Gasteiger partial charge in [0.05, 0.1) is 12.5 Å². The van der Waals surface area contributed by atoms with E-state index >= 15 is 0 Å². The quantitative estimate of drug-likeness (QED) is 0.263. The minimum atomic E-state index is -0.0687. The number of rotatable bonds is 6. The minimum Gasteiger partial charge on any atom is -0.466 e. The lowest BCUT2D eigenvalue weighted by Crippen LogP contribution is -2.49. The Morgan fingerprint density at radius 3 is 2.76 bits per heavy atom. The van der Waals surface area contributed by atoms with Gasteiger partial charge in [-0.15, -0.1) is 35.3 Å². The second-order valence-corrected chi connectivity index (χ2v) is 8.80. The highest BCUT2D eigenvalue weighted by molar-refractivity contribution is 14.0. The number of aliphatic imine (C=N–C) groups is 1. The molecule has 0 saturated carbocycles. The summed E-state index contributed by atoms with van der Waals surface area (Å²) in [5, 5.41) is 5.73. The Morgan fingerprint density at radius 1 is 1.31 bits per heavy atom. The van der Waals surface area contributed by atoms with E-state index < -0.39 is 0 Å². The number of likely N-dealkylation sites (tertiary alicyclic amines) is 2. The Morgan fingerprint density at radius 2 is 2.10 bits per heavy atom. The maximum absolute atomic E-state index is 12.1. The van der Waals surface area contributed by atoms with Crippen molar-refractivity contribution in [3.05, 3.63) is 22.4 Å². The van der Waals surface area contributed by atoms with Crippen LogP contribution >= 0.6 is 35.3 Å². The molecule has 2 fully saturated rings. The molecule has 2 saturated heterocycles. The van der Waals surface area contributed by atoms with Gasteiger partial charge in [-0.05, 0) is 63.1 Å². The Bertz CT molecular complexity index is 633. The van der Waals surface area contributed by atoms with Gasteiger partial charge in [0, 0.05) is 38.1 Å². The fourth-order valence-corrected chi connectivity index (χ4v) is 4.91. The molecule has 0 bridgehead atoms. The van der Waals surface area contributed by atoms with Crippen LogP contribution in [0.5, 0.6) is 0 Å². The first-order valence-corrected chi connectivity index (χ1v) is 11.4. The molecule has 0 spiro atoms. The van der Waals surface area contributed by atoms with E-state index in [2.05, 4.69) is 37.6 Å². The third-order valence-corrected chi connectivity index (χ3v) is 6.63. The van der Waals surface area contributed by atoms with Crippen molar-refractivity contribution >= 4 is 47.2 Å². The molecule has 0 aromatic carbocycles. The van der Waals surface area contributed by atoms with Gasteiger partial charge in [-0.25, -0.2) is 0 Å². The first kappa shape index (κ1) is 24.4. The van der Waals surface area contributed by atoms with Crippen molar-refractivity contribution in [3.63, 3.8) is 0 Å². The van der Waals surface area contributed by atoms with Gasteiger partial charge >= 0.3 is 5.97 Å². The zero-order chi connectivity index (χ0) is 19.8. The van der Waals surface area contributed by atoms with Gasteiger partial charge < -0.3 is 15.0 Å². The standard InChI is InChI=1S/C21H34N4O2S.HI/c1-3-27-20(26)18-6-4-10-25(15-18)21(22-2)23-14-17-8-11-24(12-9-17)16-19-7-5-13-28-19;/h5,7,13,17-18H,3-4,6,8-12,14-16H2,1-2H3,(H,22,23);1H. The van der Waals surface area contributed by atoms with Crippen molar-refractivity contribution in [2.24, 2.45) is 16.8 Å². The molecule has 2 aliphatic rings. The van der Waals surface area contributed by atoms with E-state index in [4.69, 9.17) is 4.74 Å². The number of carbonyl (C=O) groups excluding carboxylic acids is 1. The van der Waals surface area contributed by atoms with Crippen LogP contribution < -0.4 is 5.32 Å². The number of nitrogens with one attached hydrogen (secondary N) is 1. The molecule has 1 N–H and O–H groups in total. The molecular formula is C21H35IN4O2S. The summed E-state index contributed by atoms with van der Waals surface area (Å²) in [5.41, 5.74) is 0. The van der Waals surface area contributed by atoms with Gasteiger partial charge in [0.25, 0.3) is 0 Å². The van der Waals surface area contributed by atoms with Crippen LogP contribution in [0.25, 0.3) is 0 Å². The normalized spacial score (nSPS) is 21.5. The summed E-state index contributed by atoms with van der Waals surface area (Å²) in [6.45, 7) is 8.35. The predicted molar refractivity (Wildman–Crippen MR) is 130 cm³/mol. The zero-order valence-corrected chi connectivity index (χ0v) is 20.8. The van der Waals surface area contributed by atoms with Crippen molar-refractivity contribution in [2.45, 2.75) is 39.2 Å². The van der Waals surface area contributed by atoms with Gasteiger partial charge in [0.15, 0.2) is 5.96 Å². The van der Waals surface area contributed by atoms with Crippen LogP contribution in [0.1, 0.15) is 37.5 Å². The number of halogens is 1. The second-order valence-electron chi connectivity index (χ2n) is 7.76. The average Bonchev–Trinajstić information content (AvgIpc) is 3.23. The van der Waals surface area contributed by atoms with Crippen LogP contribution in [-0.2, 0) is 16.1 Å². The van der Waals surface area contributed by atoms with Crippen molar-refractivity contribution in [3.8, 4) is 0 Å². The number of carbonyl (C=O) groups is 1. The van der Waals surface area contributed by atoms with Gasteiger partial charge in [0.1, 0.15) is 0 Å². The van der Waals surface area contributed by atoms with Crippen LogP contribution in [0, 0.1) is 11.8 Å². The van der Waals surface area contributed by atoms with Crippen LogP contribution in [0.4, 0.5) is 0 Å². The molecule has 1 aromatic rings. The number of guanidine groups is 1.